The van der Waals surface area contributed by atoms with Gasteiger partial charge in [0, 0.05) is 41.8 Å². The van der Waals surface area contributed by atoms with Crippen molar-refractivity contribution in [3.63, 3.8) is 0 Å². The molecular weight excluding hydrogens is 291 g/mol. The van der Waals surface area contributed by atoms with Crippen LogP contribution in [-0.4, -0.2) is 36.6 Å². The first-order valence-electron chi connectivity index (χ1n) is 7.55. The minimum atomic E-state index is 0.624. The van der Waals surface area contributed by atoms with Gasteiger partial charge in [0.2, 0.25) is 0 Å². The summed E-state index contributed by atoms with van der Waals surface area (Å²) in [4.78, 5) is 2.61. The van der Waals surface area contributed by atoms with Gasteiger partial charge in [0.05, 0.1) is 0 Å². The third kappa shape index (κ3) is 4.11. The second-order valence-electron chi connectivity index (χ2n) is 5.56. The van der Waals surface area contributed by atoms with E-state index in [1.54, 1.807) is 0 Å². The molecule has 1 aliphatic heterocycles. The Labute approximate surface area is 132 Å². The van der Waals surface area contributed by atoms with Crippen LogP contribution in [0.4, 0.5) is 0 Å². The highest BCUT2D eigenvalue weighted by molar-refractivity contribution is 6.35. The number of nitrogens with zero attached hydrogens (tertiary/aromatic N) is 1. The summed E-state index contributed by atoms with van der Waals surface area (Å²) in [5.74, 6) is 0. The van der Waals surface area contributed by atoms with Gasteiger partial charge < -0.3 is 5.32 Å². The van der Waals surface area contributed by atoms with Crippen LogP contribution in [0.25, 0.3) is 0 Å². The SMILES string of the molecule is CCC1CN(CCc2ccc(Cl)cc2Cl)C(CC)CN1. The molecule has 2 nitrogen and oxygen atoms in total. The van der Waals surface area contributed by atoms with Gasteiger partial charge in [-0.05, 0) is 37.0 Å². The van der Waals surface area contributed by atoms with Gasteiger partial charge in [-0.3, -0.25) is 4.90 Å². The fraction of sp³-hybridized carbons (Fsp3) is 0.625. The molecular formula is C16H24Cl2N2. The van der Waals surface area contributed by atoms with Crippen LogP contribution in [0.5, 0.6) is 0 Å². The maximum Gasteiger partial charge on any atom is 0.0453 e. The molecule has 1 N–H and O–H groups in total. The molecule has 1 saturated heterocycles. The van der Waals surface area contributed by atoms with Crippen molar-refractivity contribution in [2.24, 2.45) is 0 Å². The summed E-state index contributed by atoms with van der Waals surface area (Å²) in [5, 5.41) is 5.12. The van der Waals surface area contributed by atoms with Crippen LogP contribution in [0.15, 0.2) is 18.2 Å². The molecule has 0 aliphatic carbocycles. The molecule has 1 aromatic carbocycles. The molecule has 1 fully saturated rings. The first-order valence-corrected chi connectivity index (χ1v) is 8.31. The molecule has 0 amide bonds. The van der Waals surface area contributed by atoms with Gasteiger partial charge in [0.25, 0.3) is 0 Å². The molecule has 0 aromatic heterocycles. The zero-order valence-corrected chi connectivity index (χ0v) is 13.8. The van der Waals surface area contributed by atoms with E-state index < -0.39 is 0 Å². The normalized spacial score (nSPS) is 24.0. The second kappa shape index (κ2) is 7.65. The van der Waals surface area contributed by atoms with E-state index in [2.05, 4.69) is 24.1 Å². The Morgan fingerprint density at radius 3 is 2.70 bits per heavy atom. The summed E-state index contributed by atoms with van der Waals surface area (Å²) in [6, 6.07) is 7.07. The average Bonchev–Trinajstić information content (AvgIpc) is 2.46. The molecule has 2 atom stereocenters. The Morgan fingerprint density at radius 2 is 2.05 bits per heavy atom. The largest absolute Gasteiger partial charge is 0.311 e. The van der Waals surface area contributed by atoms with Crippen LogP contribution < -0.4 is 5.32 Å². The third-order valence-electron chi connectivity index (χ3n) is 4.26. The van der Waals surface area contributed by atoms with Crippen molar-refractivity contribution in [2.75, 3.05) is 19.6 Å². The van der Waals surface area contributed by atoms with E-state index in [0.29, 0.717) is 17.1 Å². The molecule has 0 radical (unpaired) electrons. The summed E-state index contributed by atoms with van der Waals surface area (Å²) < 4.78 is 0. The maximum absolute atomic E-state index is 6.26. The van der Waals surface area contributed by atoms with E-state index in [4.69, 9.17) is 23.2 Å². The highest BCUT2D eigenvalue weighted by atomic mass is 35.5. The average molecular weight is 315 g/mol. The van der Waals surface area contributed by atoms with Crippen molar-refractivity contribution in [2.45, 2.75) is 45.2 Å². The van der Waals surface area contributed by atoms with Crippen molar-refractivity contribution in [3.8, 4) is 0 Å². The fourth-order valence-corrected chi connectivity index (χ4v) is 3.37. The highest BCUT2D eigenvalue weighted by Gasteiger charge is 2.25. The number of piperazine rings is 1. The zero-order chi connectivity index (χ0) is 14.5. The summed E-state index contributed by atoms with van der Waals surface area (Å²) in [6.45, 7) is 7.82. The second-order valence-corrected chi connectivity index (χ2v) is 6.40. The van der Waals surface area contributed by atoms with E-state index in [-0.39, 0.29) is 0 Å². The van der Waals surface area contributed by atoms with Crippen LogP contribution in [0.1, 0.15) is 32.3 Å². The van der Waals surface area contributed by atoms with Crippen LogP contribution in [-0.2, 0) is 6.42 Å². The molecule has 0 spiro atoms. The summed E-state index contributed by atoms with van der Waals surface area (Å²) in [6.07, 6.45) is 3.37. The van der Waals surface area contributed by atoms with Crippen LogP contribution in [0.3, 0.4) is 0 Å². The third-order valence-corrected chi connectivity index (χ3v) is 4.85. The van der Waals surface area contributed by atoms with Gasteiger partial charge in [0.15, 0.2) is 0 Å². The molecule has 4 heteroatoms. The standard InChI is InChI=1S/C16H24Cl2N2/c1-3-14-11-20(15(4-2)10-19-14)8-7-12-5-6-13(17)9-16(12)18/h5-6,9,14-15,19H,3-4,7-8,10-11H2,1-2H3. The maximum atomic E-state index is 6.26. The van der Waals surface area contributed by atoms with E-state index >= 15 is 0 Å². The van der Waals surface area contributed by atoms with Crippen molar-refractivity contribution in [3.05, 3.63) is 33.8 Å². The van der Waals surface area contributed by atoms with Crippen molar-refractivity contribution < 1.29 is 0 Å². The molecule has 1 heterocycles. The predicted molar refractivity (Wildman–Crippen MR) is 87.9 cm³/mol. The molecule has 0 bridgehead atoms. The zero-order valence-electron chi connectivity index (χ0n) is 12.3. The molecule has 1 aromatic rings. The summed E-state index contributed by atoms with van der Waals surface area (Å²) in [5.41, 5.74) is 1.19. The first-order chi connectivity index (χ1) is 9.63. The number of benzene rings is 1. The Morgan fingerprint density at radius 1 is 1.25 bits per heavy atom. The Kier molecular flexibility index (Phi) is 6.16. The smallest absolute Gasteiger partial charge is 0.0453 e. The van der Waals surface area contributed by atoms with Gasteiger partial charge in [-0.1, -0.05) is 43.1 Å². The molecule has 2 rings (SSSR count). The lowest BCUT2D eigenvalue weighted by Crippen LogP contribution is -2.56. The number of hydrogen-bond acceptors (Lipinski definition) is 2. The summed E-state index contributed by atoms with van der Waals surface area (Å²) >= 11 is 12.2. The lowest BCUT2D eigenvalue weighted by molar-refractivity contribution is 0.126. The minimum Gasteiger partial charge on any atom is -0.311 e. The van der Waals surface area contributed by atoms with Gasteiger partial charge in [-0.2, -0.15) is 0 Å². The number of halogens is 2. The topological polar surface area (TPSA) is 15.3 Å². The Balaban J connectivity index is 1.96. The van der Waals surface area contributed by atoms with E-state index in [9.17, 15) is 0 Å². The minimum absolute atomic E-state index is 0.624. The molecule has 1 aliphatic rings. The number of rotatable bonds is 5. The van der Waals surface area contributed by atoms with Crippen molar-refractivity contribution in [1.29, 1.82) is 0 Å². The Hall–Kier alpha value is -0.280. The van der Waals surface area contributed by atoms with Gasteiger partial charge in [0.1, 0.15) is 0 Å². The summed E-state index contributed by atoms with van der Waals surface area (Å²) in [7, 11) is 0. The first kappa shape index (κ1) is 16.1. The molecule has 2 unspecified atom stereocenters. The quantitative estimate of drug-likeness (QED) is 0.883. The molecule has 20 heavy (non-hydrogen) atoms. The number of nitrogens with one attached hydrogen (secondary N) is 1. The molecule has 0 saturated carbocycles. The van der Waals surface area contributed by atoms with E-state index in [1.807, 2.05) is 18.2 Å². The lowest BCUT2D eigenvalue weighted by Gasteiger charge is -2.40. The van der Waals surface area contributed by atoms with Crippen molar-refractivity contribution in [1.82, 2.24) is 10.2 Å². The highest BCUT2D eigenvalue weighted by Crippen LogP contribution is 2.22. The van der Waals surface area contributed by atoms with Crippen LogP contribution in [0.2, 0.25) is 10.0 Å². The predicted octanol–water partition coefficient (Wildman–Crippen LogP) is 4.00. The Bertz CT molecular complexity index is 436. The van der Waals surface area contributed by atoms with Crippen molar-refractivity contribution >= 4 is 23.2 Å². The van der Waals surface area contributed by atoms with Crippen LogP contribution >= 0.6 is 23.2 Å². The van der Waals surface area contributed by atoms with Gasteiger partial charge in [-0.25, -0.2) is 0 Å². The van der Waals surface area contributed by atoms with E-state index in [1.165, 1.54) is 18.4 Å². The van der Waals surface area contributed by atoms with E-state index in [0.717, 1.165) is 31.1 Å². The lowest BCUT2D eigenvalue weighted by atomic mass is 10.0. The van der Waals surface area contributed by atoms with Gasteiger partial charge in [-0.15, -0.1) is 0 Å². The van der Waals surface area contributed by atoms with Crippen LogP contribution in [0, 0.1) is 0 Å². The fourth-order valence-electron chi connectivity index (χ4n) is 2.87. The van der Waals surface area contributed by atoms with Gasteiger partial charge >= 0.3 is 0 Å². The number of hydrogen-bond donors (Lipinski definition) is 1. The molecule has 112 valence electrons. The monoisotopic (exact) mass is 314 g/mol.